The van der Waals surface area contributed by atoms with Crippen LogP contribution in [0.15, 0.2) is 59.3 Å². The third-order valence-electron chi connectivity index (χ3n) is 6.12. The van der Waals surface area contributed by atoms with Gasteiger partial charge in [-0.05, 0) is 24.3 Å². The van der Waals surface area contributed by atoms with E-state index in [4.69, 9.17) is 0 Å². The normalized spacial score (nSPS) is 14.0. The van der Waals surface area contributed by atoms with E-state index in [0.29, 0.717) is 11.4 Å². The summed E-state index contributed by atoms with van der Waals surface area (Å²) in [5, 5.41) is 8.94. The molecule has 6 rings (SSSR count). The van der Waals surface area contributed by atoms with Gasteiger partial charge < -0.3 is 10.6 Å². The summed E-state index contributed by atoms with van der Waals surface area (Å²) in [7, 11) is 0. The van der Waals surface area contributed by atoms with Crippen molar-refractivity contribution in [3.8, 4) is 11.4 Å². The first kappa shape index (κ1) is 25.2. The van der Waals surface area contributed by atoms with Crippen LogP contribution in [0.4, 0.5) is 10.3 Å². The van der Waals surface area contributed by atoms with Crippen LogP contribution in [0.25, 0.3) is 11.4 Å². The number of benzene rings is 2. The highest BCUT2D eigenvalue weighted by molar-refractivity contribution is 7.15. The Morgan fingerprint density at radius 1 is 0.600 bits per heavy atom. The summed E-state index contributed by atoms with van der Waals surface area (Å²) in [6.07, 6.45) is 0. The number of hydrogen-bond donors (Lipinski definition) is 2. The van der Waals surface area contributed by atoms with Crippen molar-refractivity contribution >= 4 is 68.4 Å². The molecule has 12 nitrogen and oxygen atoms in total. The number of carbonyl (C=O) groups excluding carboxylic acids is 6. The van der Waals surface area contributed by atoms with Crippen molar-refractivity contribution in [3.63, 3.8) is 0 Å². The van der Waals surface area contributed by atoms with Crippen LogP contribution in [0.2, 0.25) is 0 Å². The van der Waals surface area contributed by atoms with Gasteiger partial charge >= 0.3 is 0 Å². The van der Waals surface area contributed by atoms with E-state index in [9.17, 15) is 28.8 Å². The second-order valence-electron chi connectivity index (χ2n) is 8.66. The quantitative estimate of drug-likeness (QED) is 0.320. The first-order chi connectivity index (χ1) is 19.3. The Kier molecular flexibility index (Phi) is 6.24. The van der Waals surface area contributed by atoms with E-state index in [1.54, 1.807) is 35.0 Å². The smallest absolute Gasteiger partial charge is 0.262 e. The molecule has 6 amide bonds. The number of anilines is 2. The molecule has 4 heterocycles. The van der Waals surface area contributed by atoms with Crippen LogP contribution in [-0.4, -0.2) is 68.3 Å². The first-order valence-electron chi connectivity index (χ1n) is 11.7. The summed E-state index contributed by atoms with van der Waals surface area (Å²) in [6.45, 7) is -0.914. The van der Waals surface area contributed by atoms with Crippen LogP contribution in [-0.2, 0) is 9.59 Å². The average molecular weight is 573 g/mol. The molecule has 0 aliphatic carbocycles. The van der Waals surface area contributed by atoms with Gasteiger partial charge in [-0.25, -0.2) is 9.97 Å². The molecule has 0 bridgehead atoms. The fraction of sp³-hybridized carbons (Fsp3) is 0.0769. The number of nitrogens with zero attached hydrogens (tertiary/aromatic N) is 4. The summed E-state index contributed by atoms with van der Waals surface area (Å²) in [5.74, 6) is -3.30. The third-order valence-corrected chi connectivity index (χ3v) is 7.64. The highest BCUT2D eigenvalue weighted by Crippen LogP contribution is 2.29. The predicted molar refractivity (Wildman–Crippen MR) is 144 cm³/mol. The number of amides is 6. The van der Waals surface area contributed by atoms with Crippen LogP contribution in [0, 0.1) is 0 Å². The molecule has 0 saturated heterocycles. The third kappa shape index (κ3) is 4.44. The van der Waals surface area contributed by atoms with Gasteiger partial charge in [-0.3, -0.25) is 38.6 Å². The zero-order valence-corrected chi connectivity index (χ0v) is 21.9. The Morgan fingerprint density at radius 2 is 0.925 bits per heavy atom. The Morgan fingerprint density at radius 3 is 1.25 bits per heavy atom. The van der Waals surface area contributed by atoms with Crippen molar-refractivity contribution in [3.05, 3.63) is 81.5 Å². The first-order valence-corrected chi connectivity index (χ1v) is 13.5. The number of carbonyl (C=O) groups is 6. The van der Waals surface area contributed by atoms with E-state index in [2.05, 4.69) is 20.6 Å². The van der Waals surface area contributed by atoms with Crippen LogP contribution >= 0.6 is 22.7 Å². The lowest BCUT2D eigenvalue weighted by Gasteiger charge is -2.12. The minimum absolute atomic E-state index is 0.237. The molecule has 0 spiro atoms. The second-order valence-corrected chi connectivity index (χ2v) is 10.4. The van der Waals surface area contributed by atoms with Crippen molar-refractivity contribution < 1.29 is 28.8 Å². The number of imide groups is 2. The molecular formula is C26H16N6O6S2. The number of hydrogen-bond acceptors (Lipinski definition) is 10. The van der Waals surface area contributed by atoms with Crippen LogP contribution in [0.1, 0.15) is 41.4 Å². The van der Waals surface area contributed by atoms with Gasteiger partial charge in [0.2, 0.25) is 11.8 Å². The molecular weight excluding hydrogens is 556 g/mol. The minimum Gasteiger partial charge on any atom is -0.300 e. The maximum absolute atomic E-state index is 12.5. The standard InChI is InChI=1S/C26H16N6O6S2/c33-19(9-31-21(35)13-5-1-2-6-14(13)22(31)36)29-25-27-17(11-39-25)18-12-40-26(28-18)30-20(34)10-32-23(37)15-7-3-4-8-16(15)24(32)38/h1-8,11-12H,9-10H2,(H,27,29,33)(H,28,30,34). The maximum atomic E-state index is 12.5. The van der Waals surface area contributed by atoms with Crippen LogP contribution in [0.3, 0.4) is 0 Å². The highest BCUT2D eigenvalue weighted by atomic mass is 32.1. The van der Waals surface area contributed by atoms with E-state index in [0.717, 1.165) is 32.5 Å². The molecule has 40 heavy (non-hydrogen) atoms. The molecule has 4 aromatic rings. The molecule has 0 radical (unpaired) electrons. The molecule has 2 aromatic carbocycles. The largest absolute Gasteiger partial charge is 0.300 e. The van der Waals surface area contributed by atoms with E-state index in [-0.39, 0.29) is 32.5 Å². The van der Waals surface area contributed by atoms with Gasteiger partial charge in [-0.1, -0.05) is 24.3 Å². The fourth-order valence-electron chi connectivity index (χ4n) is 4.27. The number of fused-ring (bicyclic) bond motifs is 2. The van der Waals surface area contributed by atoms with Gasteiger partial charge in [0.15, 0.2) is 10.3 Å². The van der Waals surface area contributed by atoms with Gasteiger partial charge in [0, 0.05) is 10.8 Å². The number of aromatic nitrogens is 2. The van der Waals surface area contributed by atoms with Gasteiger partial charge in [0.05, 0.1) is 22.3 Å². The zero-order valence-electron chi connectivity index (χ0n) is 20.2. The Hall–Kier alpha value is -5.08. The molecule has 14 heteroatoms. The van der Waals surface area contributed by atoms with E-state index in [1.165, 1.54) is 24.3 Å². The maximum Gasteiger partial charge on any atom is 0.262 e. The zero-order chi connectivity index (χ0) is 28.0. The summed E-state index contributed by atoms with van der Waals surface area (Å²) in [5.41, 5.74) is 1.88. The minimum atomic E-state index is -0.588. The summed E-state index contributed by atoms with van der Waals surface area (Å²) in [4.78, 5) is 85.4. The predicted octanol–water partition coefficient (Wildman–Crippen LogP) is 2.74. The van der Waals surface area contributed by atoms with Crippen LogP contribution in [0.5, 0.6) is 0 Å². The monoisotopic (exact) mass is 572 g/mol. The summed E-state index contributed by atoms with van der Waals surface area (Å²) < 4.78 is 0. The van der Waals surface area contributed by atoms with Gasteiger partial charge in [0.25, 0.3) is 23.6 Å². The molecule has 0 atom stereocenters. The fourth-order valence-corrected chi connectivity index (χ4v) is 5.71. The highest BCUT2D eigenvalue weighted by Gasteiger charge is 2.37. The van der Waals surface area contributed by atoms with Crippen LogP contribution < -0.4 is 10.6 Å². The lowest BCUT2D eigenvalue weighted by molar-refractivity contribution is -0.117. The molecule has 2 aliphatic heterocycles. The van der Waals surface area contributed by atoms with Gasteiger partial charge in [-0.2, -0.15) is 0 Å². The molecule has 198 valence electrons. The molecule has 2 aromatic heterocycles. The average Bonchev–Trinajstić information content (AvgIpc) is 3.71. The topological polar surface area (TPSA) is 159 Å². The molecule has 2 N–H and O–H groups in total. The second kappa shape index (κ2) is 9.91. The molecule has 0 unspecified atom stereocenters. The molecule has 0 saturated carbocycles. The molecule has 0 fully saturated rings. The molecule has 2 aliphatic rings. The Bertz CT molecular complexity index is 1560. The van der Waals surface area contributed by atoms with Crippen molar-refractivity contribution in [2.45, 2.75) is 0 Å². The van der Waals surface area contributed by atoms with Gasteiger partial charge in [-0.15, -0.1) is 22.7 Å². The Labute approximate surface area is 233 Å². The summed E-state index contributed by atoms with van der Waals surface area (Å²) >= 11 is 2.25. The number of thiazole rings is 2. The lowest BCUT2D eigenvalue weighted by atomic mass is 10.1. The Balaban J connectivity index is 1.05. The lowest BCUT2D eigenvalue weighted by Crippen LogP contribution is -2.37. The SMILES string of the molecule is O=C(CN1C(=O)c2ccccc2C1=O)Nc1nc(-c2csc(NC(=O)CN3C(=O)c4ccccc4C3=O)n2)cs1. The van der Waals surface area contributed by atoms with Crippen molar-refractivity contribution in [1.29, 1.82) is 0 Å². The van der Waals surface area contributed by atoms with Crippen molar-refractivity contribution in [2.24, 2.45) is 0 Å². The number of nitrogens with one attached hydrogen (secondary N) is 2. The van der Waals surface area contributed by atoms with E-state index >= 15 is 0 Å². The number of rotatable bonds is 7. The summed E-state index contributed by atoms with van der Waals surface area (Å²) in [6, 6.07) is 12.7. The van der Waals surface area contributed by atoms with E-state index in [1.807, 2.05) is 0 Å². The van der Waals surface area contributed by atoms with Crippen molar-refractivity contribution in [1.82, 2.24) is 19.8 Å². The van der Waals surface area contributed by atoms with Gasteiger partial charge in [0.1, 0.15) is 24.5 Å². The van der Waals surface area contributed by atoms with Crippen molar-refractivity contribution in [2.75, 3.05) is 23.7 Å². The van der Waals surface area contributed by atoms with E-state index < -0.39 is 48.5 Å².